The van der Waals surface area contributed by atoms with Gasteiger partial charge in [-0.2, -0.15) is 0 Å². The molecule has 160 valence electrons. The highest BCUT2D eigenvalue weighted by Gasteiger charge is 2.29. The maximum Gasteiger partial charge on any atom is 0.203 e. The number of methoxy groups -OCH3 is 3. The summed E-state index contributed by atoms with van der Waals surface area (Å²) >= 11 is 0. The second-order valence-corrected chi connectivity index (χ2v) is 6.97. The van der Waals surface area contributed by atoms with Crippen molar-refractivity contribution in [3.8, 4) is 17.2 Å². The molecule has 0 spiro atoms. The molecule has 1 unspecified atom stereocenters. The van der Waals surface area contributed by atoms with E-state index in [0.717, 1.165) is 36.4 Å². The maximum absolute atomic E-state index is 5.58. The smallest absolute Gasteiger partial charge is 0.203 e. The fourth-order valence-corrected chi connectivity index (χ4v) is 4.13. The molecule has 1 atom stereocenters. The van der Waals surface area contributed by atoms with E-state index in [2.05, 4.69) is 29.1 Å². The molecule has 6 nitrogen and oxygen atoms in total. The van der Waals surface area contributed by atoms with Crippen molar-refractivity contribution < 1.29 is 14.2 Å². The van der Waals surface area contributed by atoms with Gasteiger partial charge in [0, 0.05) is 32.2 Å². The minimum atomic E-state index is 0. The Balaban J connectivity index is 0.00000392. The molecule has 1 aliphatic heterocycles. The van der Waals surface area contributed by atoms with Crippen LogP contribution in [0.4, 0.5) is 0 Å². The summed E-state index contributed by atoms with van der Waals surface area (Å²) in [6, 6.07) is 3.90. The first kappa shape index (κ1) is 24.7. The number of hydrogen-bond donors (Lipinski definition) is 1. The van der Waals surface area contributed by atoms with Crippen LogP contribution in [0.1, 0.15) is 38.7 Å². The van der Waals surface area contributed by atoms with E-state index in [0.29, 0.717) is 23.8 Å². The minimum absolute atomic E-state index is 0. The number of ether oxygens (including phenoxy) is 3. The largest absolute Gasteiger partial charge is 0.493 e. The van der Waals surface area contributed by atoms with E-state index in [9.17, 15) is 0 Å². The molecule has 1 saturated heterocycles. The van der Waals surface area contributed by atoms with Crippen LogP contribution in [0.25, 0.3) is 0 Å². The summed E-state index contributed by atoms with van der Waals surface area (Å²) in [5.74, 6) is 4.48. The number of benzene rings is 1. The summed E-state index contributed by atoms with van der Waals surface area (Å²) in [7, 11) is 6.74. The monoisotopic (exact) mass is 505 g/mol. The third kappa shape index (κ3) is 5.58. The Hall–Kier alpha value is -1.38. The Kier molecular flexibility index (Phi) is 10.8. The number of likely N-dealkylation sites (tertiary alicyclic amines) is 1. The van der Waals surface area contributed by atoms with Crippen LogP contribution in [-0.2, 0) is 6.54 Å². The number of hydrogen-bond acceptors (Lipinski definition) is 4. The summed E-state index contributed by atoms with van der Waals surface area (Å²) in [5, 5.41) is 3.49. The van der Waals surface area contributed by atoms with Gasteiger partial charge in [-0.15, -0.1) is 24.0 Å². The Morgan fingerprint density at radius 3 is 2.36 bits per heavy atom. The van der Waals surface area contributed by atoms with Gasteiger partial charge in [0.05, 0.1) is 21.3 Å². The highest BCUT2D eigenvalue weighted by molar-refractivity contribution is 14.0. The van der Waals surface area contributed by atoms with Crippen LogP contribution < -0.4 is 19.5 Å². The molecule has 0 bridgehead atoms. The molecule has 0 saturated carbocycles. The summed E-state index contributed by atoms with van der Waals surface area (Å²) in [4.78, 5) is 6.87. The molecule has 0 radical (unpaired) electrons. The van der Waals surface area contributed by atoms with E-state index in [-0.39, 0.29) is 24.0 Å². The van der Waals surface area contributed by atoms with E-state index in [4.69, 9.17) is 14.2 Å². The zero-order valence-electron chi connectivity index (χ0n) is 18.1. The van der Waals surface area contributed by atoms with Gasteiger partial charge in [-0.3, -0.25) is 4.99 Å². The Labute approximate surface area is 187 Å². The number of rotatable bonds is 8. The summed E-state index contributed by atoms with van der Waals surface area (Å²) in [6.07, 6.45) is 3.75. The topological polar surface area (TPSA) is 55.3 Å². The van der Waals surface area contributed by atoms with Crippen LogP contribution in [0.2, 0.25) is 0 Å². The first-order valence-corrected chi connectivity index (χ1v) is 9.86. The minimum Gasteiger partial charge on any atom is -0.493 e. The van der Waals surface area contributed by atoms with Crippen molar-refractivity contribution >= 4 is 29.9 Å². The fourth-order valence-electron chi connectivity index (χ4n) is 4.13. The van der Waals surface area contributed by atoms with Gasteiger partial charge >= 0.3 is 0 Å². The lowest BCUT2D eigenvalue weighted by atomic mass is 9.87. The first-order valence-electron chi connectivity index (χ1n) is 9.86. The second-order valence-electron chi connectivity index (χ2n) is 6.97. The summed E-state index contributed by atoms with van der Waals surface area (Å²) < 4.78 is 16.4. The molecule has 1 aromatic rings. The average molecular weight is 505 g/mol. The molecule has 1 N–H and O–H groups in total. The lowest BCUT2D eigenvalue weighted by molar-refractivity contribution is 0.318. The molecule has 1 aromatic carbocycles. The number of nitrogens with one attached hydrogen (secondary N) is 1. The van der Waals surface area contributed by atoms with E-state index in [1.54, 1.807) is 21.3 Å². The summed E-state index contributed by atoms with van der Waals surface area (Å²) in [5.41, 5.74) is 1.01. The van der Waals surface area contributed by atoms with Crippen molar-refractivity contribution in [1.82, 2.24) is 10.2 Å². The molecule has 0 amide bonds. The van der Waals surface area contributed by atoms with Crippen molar-refractivity contribution in [2.45, 2.75) is 39.7 Å². The Morgan fingerprint density at radius 2 is 1.82 bits per heavy atom. The SMILES string of the molecule is CCC(CC)C1CCN(C(=NC)NCc2ccc(OC)c(OC)c2OC)C1.I. The van der Waals surface area contributed by atoms with Gasteiger partial charge in [-0.1, -0.05) is 26.7 Å². The molecule has 0 aliphatic carbocycles. The first-order chi connectivity index (χ1) is 13.1. The molecule has 1 aliphatic rings. The lowest BCUT2D eigenvalue weighted by Gasteiger charge is -2.24. The second kappa shape index (κ2) is 12.2. The van der Waals surface area contributed by atoms with Gasteiger partial charge < -0.3 is 24.4 Å². The number of nitrogens with zero attached hydrogens (tertiary/aromatic N) is 2. The van der Waals surface area contributed by atoms with Crippen LogP contribution in [0.15, 0.2) is 17.1 Å². The van der Waals surface area contributed by atoms with Gasteiger partial charge in [0.25, 0.3) is 0 Å². The van der Waals surface area contributed by atoms with Crippen LogP contribution in [0, 0.1) is 11.8 Å². The third-order valence-electron chi connectivity index (χ3n) is 5.67. The van der Waals surface area contributed by atoms with Crippen LogP contribution in [0.5, 0.6) is 17.2 Å². The van der Waals surface area contributed by atoms with Gasteiger partial charge in [0.2, 0.25) is 5.75 Å². The highest BCUT2D eigenvalue weighted by atomic mass is 127. The number of guanidine groups is 1. The molecule has 0 aromatic heterocycles. The average Bonchev–Trinajstić information content (AvgIpc) is 3.18. The molecule has 7 heteroatoms. The predicted octanol–water partition coefficient (Wildman–Crippen LogP) is 4.16. The van der Waals surface area contributed by atoms with E-state index < -0.39 is 0 Å². The molecule has 28 heavy (non-hydrogen) atoms. The molecule has 2 rings (SSSR count). The molecule has 1 heterocycles. The van der Waals surface area contributed by atoms with Crippen molar-refractivity contribution in [1.29, 1.82) is 0 Å². The zero-order chi connectivity index (χ0) is 19.8. The standard InChI is InChI=1S/C21H35N3O3.HI/c1-7-15(8-2)17-11-12-24(14-17)21(22-3)23-13-16-9-10-18(25-4)20(27-6)19(16)26-5;/h9-10,15,17H,7-8,11-14H2,1-6H3,(H,22,23);1H. The third-order valence-corrected chi connectivity index (χ3v) is 5.67. The van der Waals surface area contributed by atoms with E-state index >= 15 is 0 Å². The van der Waals surface area contributed by atoms with Gasteiger partial charge in [-0.25, -0.2) is 0 Å². The van der Waals surface area contributed by atoms with Crippen molar-refractivity contribution in [3.63, 3.8) is 0 Å². The Morgan fingerprint density at radius 1 is 1.14 bits per heavy atom. The quantitative estimate of drug-likeness (QED) is 0.327. The molecule has 1 fully saturated rings. The number of aliphatic imine (C=N–C) groups is 1. The van der Waals surface area contributed by atoms with Gasteiger partial charge in [0.1, 0.15) is 0 Å². The van der Waals surface area contributed by atoms with Crippen molar-refractivity contribution in [2.24, 2.45) is 16.8 Å². The van der Waals surface area contributed by atoms with Gasteiger partial charge in [-0.05, 0) is 30.4 Å². The maximum atomic E-state index is 5.58. The lowest BCUT2D eigenvalue weighted by Crippen LogP contribution is -2.40. The van der Waals surface area contributed by atoms with Crippen LogP contribution in [0.3, 0.4) is 0 Å². The number of halogens is 1. The van der Waals surface area contributed by atoms with E-state index in [1.165, 1.54) is 19.3 Å². The van der Waals surface area contributed by atoms with Gasteiger partial charge in [0.15, 0.2) is 17.5 Å². The summed E-state index contributed by atoms with van der Waals surface area (Å²) in [6.45, 7) is 7.35. The fraction of sp³-hybridized carbons (Fsp3) is 0.667. The van der Waals surface area contributed by atoms with Crippen LogP contribution >= 0.6 is 24.0 Å². The highest BCUT2D eigenvalue weighted by Crippen LogP contribution is 2.39. The van der Waals surface area contributed by atoms with Crippen LogP contribution in [-0.4, -0.2) is 52.3 Å². The zero-order valence-corrected chi connectivity index (χ0v) is 20.4. The normalized spacial score (nSPS) is 16.8. The van der Waals surface area contributed by atoms with Crippen molar-refractivity contribution in [2.75, 3.05) is 41.5 Å². The molecular weight excluding hydrogens is 469 g/mol. The van der Waals surface area contributed by atoms with Crippen molar-refractivity contribution in [3.05, 3.63) is 17.7 Å². The van der Waals surface area contributed by atoms with E-state index in [1.807, 2.05) is 19.2 Å². The predicted molar refractivity (Wildman–Crippen MR) is 125 cm³/mol. The Bertz CT molecular complexity index is 636. The molecular formula is C21H36IN3O3.